The van der Waals surface area contributed by atoms with Gasteiger partial charge in [0.2, 0.25) is 5.95 Å². The third-order valence-corrected chi connectivity index (χ3v) is 9.93. The Labute approximate surface area is 325 Å². The quantitative estimate of drug-likeness (QED) is 0.113. The van der Waals surface area contributed by atoms with Gasteiger partial charge in [0, 0.05) is 65.9 Å². The SMILES string of the molecule is C[C@H]1CNC[C@@H](COP(C)(=O)N(C)C)O1.Cc1cn(C)c(=O)[nH]c1=O.Cn1ccc(N)nc1=O.Cn1cnc2c(=O)[nH]c(N)nc21.Cn1cnc2c(N)ncnc21. The predicted molar refractivity (Wildman–Crippen MR) is 216 cm³/mol. The van der Waals surface area contributed by atoms with Crippen LogP contribution < -0.4 is 45.0 Å². The Morgan fingerprint density at radius 3 is 2.11 bits per heavy atom. The first-order valence-electron chi connectivity index (χ1n) is 17.1. The molecule has 57 heavy (non-hydrogen) atoms. The molecule has 6 aromatic heterocycles. The summed E-state index contributed by atoms with van der Waals surface area (Å²) in [5.41, 5.74) is 17.5. The van der Waals surface area contributed by atoms with E-state index < -0.39 is 7.52 Å². The molecule has 0 spiro atoms. The number of nitrogens with zero attached hydrogens (tertiary/aromatic N) is 11. The highest BCUT2D eigenvalue weighted by atomic mass is 31.2. The maximum absolute atomic E-state index is 11.9. The molecule has 7 rings (SSSR count). The maximum Gasteiger partial charge on any atom is 0.349 e. The number of imidazole rings is 2. The molecule has 0 aliphatic carbocycles. The van der Waals surface area contributed by atoms with Gasteiger partial charge in [-0.25, -0.2) is 34.2 Å². The van der Waals surface area contributed by atoms with Gasteiger partial charge in [0.1, 0.15) is 17.7 Å². The first-order valence-corrected chi connectivity index (χ1v) is 19.1. The van der Waals surface area contributed by atoms with Crippen molar-refractivity contribution in [2.45, 2.75) is 26.1 Å². The van der Waals surface area contributed by atoms with Gasteiger partial charge in [-0.15, -0.1) is 0 Å². The number of aromatic nitrogens is 12. The second kappa shape index (κ2) is 20.2. The van der Waals surface area contributed by atoms with Crippen LogP contribution in [0.15, 0.2) is 56.6 Å². The zero-order valence-corrected chi connectivity index (χ0v) is 34.1. The van der Waals surface area contributed by atoms with E-state index in [9.17, 15) is 23.7 Å². The molecule has 1 aliphatic heterocycles. The zero-order chi connectivity index (χ0) is 42.6. The van der Waals surface area contributed by atoms with Crippen molar-refractivity contribution < 1.29 is 13.8 Å². The van der Waals surface area contributed by atoms with Gasteiger partial charge in [-0.05, 0) is 34.0 Å². The third kappa shape index (κ3) is 13.3. The average molecular weight is 816 g/mol. The monoisotopic (exact) mass is 815 g/mol. The van der Waals surface area contributed by atoms with Gasteiger partial charge in [-0.1, -0.05) is 0 Å². The summed E-state index contributed by atoms with van der Waals surface area (Å²) >= 11 is 0. The van der Waals surface area contributed by atoms with Crippen LogP contribution in [0.1, 0.15) is 12.5 Å². The number of aromatic amines is 2. The van der Waals surface area contributed by atoms with Crippen molar-refractivity contribution in [1.29, 1.82) is 0 Å². The van der Waals surface area contributed by atoms with Gasteiger partial charge >= 0.3 is 11.4 Å². The molecule has 0 saturated carbocycles. The second-order valence-electron chi connectivity index (χ2n) is 12.9. The minimum Gasteiger partial charge on any atom is -0.383 e. The van der Waals surface area contributed by atoms with Crippen LogP contribution in [0.4, 0.5) is 17.6 Å². The van der Waals surface area contributed by atoms with Crippen LogP contribution >= 0.6 is 7.52 Å². The number of hydrogen-bond donors (Lipinski definition) is 6. The van der Waals surface area contributed by atoms with Crippen LogP contribution in [0.2, 0.25) is 0 Å². The Balaban J connectivity index is 0.000000193. The van der Waals surface area contributed by atoms with Gasteiger partial charge in [0.25, 0.3) is 18.6 Å². The van der Waals surface area contributed by atoms with Crippen LogP contribution in [0.25, 0.3) is 22.3 Å². The van der Waals surface area contributed by atoms with E-state index in [-0.39, 0.29) is 46.5 Å². The molecule has 1 unspecified atom stereocenters. The Morgan fingerprint density at radius 1 is 0.877 bits per heavy atom. The van der Waals surface area contributed by atoms with Crippen LogP contribution in [0.5, 0.6) is 0 Å². The molecular weight excluding hydrogens is 765 g/mol. The molecule has 1 saturated heterocycles. The summed E-state index contributed by atoms with van der Waals surface area (Å²) in [5.74, 6) is 0.796. The lowest BCUT2D eigenvalue weighted by Crippen LogP contribution is -2.45. The fraction of sp³-hybridized carbons (Fsp3) is 0.438. The number of anilines is 3. The van der Waals surface area contributed by atoms with E-state index in [1.807, 2.05) is 14.0 Å². The molecule has 0 amide bonds. The lowest BCUT2D eigenvalue weighted by Gasteiger charge is -2.30. The number of ether oxygens (including phenoxy) is 1. The molecule has 9 N–H and O–H groups in total. The van der Waals surface area contributed by atoms with Crippen molar-refractivity contribution in [2.75, 3.05) is 57.7 Å². The van der Waals surface area contributed by atoms with Gasteiger partial charge in [0.15, 0.2) is 22.6 Å². The van der Waals surface area contributed by atoms with Crippen molar-refractivity contribution in [3.63, 3.8) is 0 Å². The fourth-order valence-electron chi connectivity index (χ4n) is 4.47. The Morgan fingerprint density at radius 2 is 1.53 bits per heavy atom. The van der Waals surface area contributed by atoms with Crippen molar-refractivity contribution in [1.82, 2.24) is 68.1 Å². The highest BCUT2D eigenvalue weighted by molar-refractivity contribution is 7.55. The average Bonchev–Trinajstić information content (AvgIpc) is 3.72. The van der Waals surface area contributed by atoms with Gasteiger partial charge in [0.05, 0.1) is 31.5 Å². The van der Waals surface area contributed by atoms with Crippen LogP contribution in [0, 0.1) is 6.92 Å². The molecule has 1 fully saturated rings. The molecule has 24 nitrogen and oxygen atoms in total. The van der Waals surface area contributed by atoms with Gasteiger partial charge in [-0.3, -0.25) is 24.1 Å². The Hall–Kier alpha value is -6.07. The lowest BCUT2D eigenvalue weighted by molar-refractivity contribution is -0.0474. The summed E-state index contributed by atoms with van der Waals surface area (Å²) in [6.07, 6.45) is 7.89. The van der Waals surface area contributed by atoms with E-state index >= 15 is 0 Å². The normalized spacial score (nSPS) is 15.8. The van der Waals surface area contributed by atoms with E-state index in [4.69, 9.17) is 26.5 Å². The van der Waals surface area contributed by atoms with E-state index in [1.54, 1.807) is 81.2 Å². The molecule has 0 bridgehead atoms. The number of H-pyrrole nitrogens is 2. The van der Waals surface area contributed by atoms with Gasteiger partial charge < -0.3 is 50.0 Å². The third-order valence-electron chi connectivity index (χ3n) is 7.85. The maximum atomic E-state index is 11.9. The number of fused-ring (bicyclic) bond motifs is 2. The molecule has 7 heterocycles. The molecule has 3 atom stereocenters. The summed E-state index contributed by atoms with van der Waals surface area (Å²) in [6.45, 7) is 7.29. The molecule has 6 aromatic rings. The van der Waals surface area contributed by atoms with Crippen molar-refractivity contribution in [3.05, 3.63) is 84.7 Å². The smallest absolute Gasteiger partial charge is 0.349 e. The molecule has 310 valence electrons. The van der Waals surface area contributed by atoms with Crippen molar-refractivity contribution in [2.24, 2.45) is 28.2 Å². The number of rotatable bonds is 4. The molecular formula is C32H50N17O7P. The summed E-state index contributed by atoms with van der Waals surface area (Å²) in [5, 5.41) is 3.24. The van der Waals surface area contributed by atoms with E-state index in [2.05, 4.69) is 45.2 Å². The van der Waals surface area contributed by atoms with Crippen molar-refractivity contribution >= 4 is 47.4 Å². The standard InChI is InChI=1S/C9H21N2O3P.C6H7N5O.C6H7N5.C6H8N2O2.C5H7N3O/c1-8-5-10-6-9(14-8)7-13-15(4,12)11(2)3;1-11-2-8-3-4(11)9-6(7)10-5(3)12;1-11-3-10-4-5(7)8-2-9-6(4)11;1-4-3-8(2)6(10)7-5(4)9;1-8-3-2-4(6)7-5(8)9/h8-10H,5-7H2,1-4H3;2H,1H3,(H3,7,9,10,12);2-3H,1H3,(H2,7,8,9);3H,1-2H3,(H,7,9,10);2-3H,1H3,(H2,6,7,9)/t8-,9-,15?;;;;/m0..../s1. The summed E-state index contributed by atoms with van der Waals surface area (Å²) in [4.78, 5) is 70.8. The van der Waals surface area contributed by atoms with Gasteiger partial charge in [-0.2, -0.15) is 9.97 Å². The van der Waals surface area contributed by atoms with Crippen LogP contribution in [0.3, 0.4) is 0 Å². The van der Waals surface area contributed by atoms with Crippen LogP contribution in [-0.4, -0.2) is 115 Å². The van der Waals surface area contributed by atoms with E-state index in [0.29, 0.717) is 34.7 Å². The van der Waals surface area contributed by atoms with E-state index in [0.717, 1.165) is 18.7 Å². The highest BCUT2D eigenvalue weighted by Gasteiger charge is 2.24. The number of morpholine rings is 1. The highest BCUT2D eigenvalue weighted by Crippen LogP contribution is 2.44. The molecule has 1 aliphatic rings. The van der Waals surface area contributed by atoms with Crippen molar-refractivity contribution in [3.8, 4) is 0 Å². The van der Waals surface area contributed by atoms with E-state index in [1.165, 1.54) is 28.0 Å². The number of nitrogens with two attached hydrogens (primary N) is 3. The predicted octanol–water partition coefficient (Wildman–Crippen LogP) is -1.31. The lowest BCUT2D eigenvalue weighted by atomic mass is 10.3. The summed E-state index contributed by atoms with van der Waals surface area (Å²) < 4.78 is 30.6. The first-order chi connectivity index (χ1) is 26.7. The first kappa shape index (κ1) is 45.3. The minimum absolute atomic E-state index is 0.00183. The number of nitrogen functional groups attached to an aromatic ring is 3. The zero-order valence-electron chi connectivity index (χ0n) is 33.2. The number of nitrogens with one attached hydrogen (secondary N) is 3. The molecule has 25 heteroatoms. The fourth-order valence-corrected chi connectivity index (χ4v) is 5.15. The minimum atomic E-state index is -2.63. The van der Waals surface area contributed by atoms with Crippen LogP contribution in [-0.2, 0) is 42.0 Å². The largest absolute Gasteiger partial charge is 0.383 e. The number of aryl methyl sites for hydroxylation is 5. The second-order valence-corrected chi connectivity index (χ2v) is 15.5. The summed E-state index contributed by atoms with van der Waals surface area (Å²) in [7, 11) is 7.70. The Bertz CT molecular complexity index is 2510. The Kier molecular flexibility index (Phi) is 16.1. The topological polar surface area (TPSA) is 326 Å². The molecule has 0 aromatic carbocycles. The number of hydrogen-bond acceptors (Lipinski definition) is 17. The molecule has 0 radical (unpaired) electrons. The summed E-state index contributed by atoms with van der Waals surface area (Å²) in [6, 6.07) is 1.57.